The van der Waals surface area contributed by atoms with Gasteiger partial charge in [-0.2, -0.15) is 4.98 Å². The van der Waals surface area contributed by atoms with Crippen LogP contribution in [0, 0.1) is 4.91 Å². The van der Waals surface area contributed by atoms with Crippen LogP contribution < -0.4 is 10.5 Å². The van der Waals surface area contributed by atoms with Crippen molar-refractivity contribution in [3.8, 4) is 28.5 Å². The van der Waals surface area contributed by atoms with Crippen molar-refractivity contribution in [1.29, 1.82) is 0 Å². The number of benzene rings is 3. The molecule has 3 aromatic carbocycles. The maximum absolute atomic E-state index is 12.4. The van der Waals surface area contributed by atoms with Crippen LogP contribution in [0.4, 0.5) is 0 Å². The second kappa shape index (κ2) is 9.90. The highest BCUT2D eigenvalue weighted by Gasteiger charge is 2.20. The molecule has 0 N–H and O–H groups in total. The van der Waals surface area contributed by atoms with E-state index >= 15 is 0 Å². The van der Waals surface area contributed by atoms with E-state index in [1.54, 1.807) is 24.3 Å². The van der Waals surface area contributed by atoms with Crippen molar-refractivity contribution in [2.75, 3.05) is 13.7 Å². The normalized spacial score (nSPS) is 11.0. The number of nitroso groups, excluding NO2 is 1. The first kappa shape index (κ1) is 23.7. The molecule has 0 amide bonds. The highest BCUT2D eigenvalue weighted by atomic mass is 16.5. The van der Waals surface area contributed by atoms with E-state index in [0.717, 1.165) is 16.7 Å². The van der Waals surface area contributed by atoms with Crippen molar-refractivity contribution >= 4 is 17.0 Å². The largest absolute Gasteiger partial charge is 0.465 e. The van der Waals surface area contributed by atoms with Gasteiger partial charge in [-0.15, -0.1) is 9.58 Å². The van der Waals surface area contributed by atoms with Gasteiger partial charge in [-0.25, -0.2) is 9.59 Å². The summed E-state index contributed by atoms with van der Waals surface area (Å²) in [6, 6.07) is 20.5. The third-order valence-corrected chi connectivity index (χ3v) is 5.85. The molecule has 0 bridgehead atoms. The minimum Gasteiger partial charge on any atom is -0.465 e. The molecule has 0 spiro atoms. The van der Waals surface area contributed by atoms with Crippen molar-refractivity contribution < 1.29 is 18.8 Å². The zero-order valence-corrected chi connectivity index (χ0v) is 20.0. The van der Waals surface area contributed by atoms with Crippen molar-refractivity contribution in [3.05, 3.63) is 93.3 Å². The summed E-state index contributed by atoms with van der Waals surface area (Å²) in [5, 5.41) is 6.43. The standard InChI is InChI=1S/C26H21N5O6/c1-3-36-25-27-21-10-6-9-20(24(32)35-2)22(21)30(25)15-16-11-13-17(14-12-16)18-7-4-5-8-19(18)23-28-37-26(33)31(23)29-34/h4-14H,3,15H2,1-2H3. The maximum atomic E-state index is 12.4. The first-order valence-corrected chi connectivity index (χ1v) is 11.4. The summed E-state index contributed by atoms with van der Waals surface area (Å²) < 4.78 is 17.8. The molecular weight excluding hydrogens is 478 g/mol. The van der Waals surface area contributed by atoms with Crippen molar-refractivity contribution in [2.45, 2.75) is 13.5 Å². The average Bonchev–Trinajstić information content (AvgIpc) is 3.48. The van der Waals surface area contributed by atoms with E-state index in [0.29, 0.717) is 46.0 Å². The van der Waals surface area contributed by atoms with Crippen molar-refractivity contribution in [1.82, 2.24) is 19.4 Å². The Bertz CT molecular complexity index is 1670. The fourth-order valence-electron chi connectivity index (χ4n) is 4.21. The van der Waals surface area contributed by atoms with Gasteiger partial charge in [0.25, 0.3) is 6.01 Å². The Morgan fingerprint density at radius 2 is 1.78 bits per heavy atom. The van der Waals surface area contributed by atoms with E-state index in [-0.39, 0.29) is 5.82 Å². The molecule has 0 saturated heterocycles. The number of ether oxygens (including phenoxy) is 2. The van der Waals surface area contributed by atoms with Gasteiger partial charge < -0.3 is 9.47 Å². The number of hydrogen-bond donors (Lipinski definition) is 0. The van der Waals surface area contributed by atoms with Crippen LogP contribution in [0.15, 0.2) is 81.3 Å². The summed E-state index contributed by atoms with van der Waals surface area (Å²) in [4.78, 5) is 39.9. The molecule has 5 rings (SSSR count). The SMILES string of the molecule is CCOc1nc2cccc(C(=O)OC)c2n1Cc1ccc(-c2ccccc2-c2noc(=O)n2N=O)cc1. The Labute approximate surface area is 209 Å². The molecule has 5 aromatic rings. The van der Waals surface area contributed by atoms with Crippen LogP contribution >= 0.6 is 0 Å². The molecule has 2 aromatic heterocycles. The van der Waals surface area contributed by atoms with Crippen LogP contribution in [-0.2, 0) is 11.3 Å². The Morgan fingerprint density at radius 1 is 1.03 bits per heavy atom. The lowest BCUT2D eigenvalue weighted by Gasteiger charge is -2.12. The fourth-order valence-corrected chi connectivity index (χ4v) is 4.21. The average molecular weight is 499 g/mol. The molecule has 0 aliphatic heterocycles. The summed E-state index contributed by atoms with van der Waals surface area (Å²) in [6.45, 7) is 2.67. The number of carbonyl (C=O) groups is 1. The Balaban J connectivity index is 1.54. The molecule has 0 fully saturated rings. The number of carbonyl (C=O) groups excluding carboxylic acids is 1. The zero-order valence-electron chi connectivity index (χ0n) is 20.0. The second-order valence-electron chi connectivity index (χ2n) is 7.99. The molecule has 11 nitrogen and oxygen atoms in total. The monoisotopic (exact) mass is 499 g/mol. The van der Waals surface area contributed by atoms with Gasteiger partial charge in [0.05, 0.1) is 42.1 Å². The van der Waals surface area contributed by atoms with Gasteiger partial charge in [0, 0.05) is 5.56 Å². The van der Waals surface area contributed by atoms with Crippen LogP contribution in [-0.4, -0.2) is 39.1 Å². The van der Waals surface area contributed by atoms with Crippen LogP contribution in [0.25, 0.3) is 33.5 Å². The lowest BCUT2D eigenvalue weighted by molar-refractivity contribution is 0.0602. The zero-order chi connectivity index (χ0) is 25.9. The number of aromatic nitrogens is 4. The van der Waals surface area contributed by atoms with Gasteiger partial charge in [-0.05, 0) is 35.7 Å². The first-order valence-electron chi connectivity index (χ1n) is 11.4. The van der Waals surface area contributed by atoms with Crippen LogP contribution in [0.1, 0.15) is 22.8 Å². The van der Waals surface area contributed by atoms with Crippen LogP contribution in [0.2, 0.25) is 0 Å². The molecule has 0 saturated carbocycles. The molecule has 0 radical (unpaired) electrons. The number of methoxy groups -OCH3 is 1. The Hall–Kier alpha value is -5.06. The Morgan fingerprint density at radius 3 is 2.49 bits per heavy atom. The van der Waals surface area contributed by atoms with E-state index < -0.39 is 11.7 Å². The van der Waals surface area contributed by atoms with Gasteiger partial charge in [0.2, 0.25) is 5.82 Å². The van der Waals surface area contributed by atoms with E-state index in [2.05, 4.69) is 19.9 Å². The summed E-state index contributed by atoms with van der Waals surface area (Å²) in [7, 11) is 1.34. The smallest absolute Gasteiger partial charge is 0.465 e. The number of fused-ring (bicyclic) bond motifs is 1. The van der Waals surface area contributed by atoms with Crippen molar-refractivity contribution in [2.24, 2.45) is 5.29 Å². The highest BCUT2D eigenvalue weighted by Crippen LogP contribution is 2.32. The van der Waals surface area contributed by atoms with E-state index in [1.807, 2.05) is 54.0 Å². The van der Waals surface area contributed by atoms with Gasteiger partial charge >= 0.3 is 11.7 Å². The first-order chi connectivity index (χ1) is 18.0. The summed E-state index contributed by atoms with van der Waals surface area (Å²) >= 11 is 0. The molecule has 2 heterocycles. The molecule has 11 heteroatoms. The minimum atomic E-state index is -0.959. The van der Waals surface area contributed by atoms with E-state index in [9.17, 15) is 14.5 Å². The highest BCUT2D eigenvalue weighted by molar-refractivity contribution is 6.02. The molecule has 0 aliphatic carbocycles. The maximum Gasteiger partial charge on any atom is 0.465 e. The number of rotatable bonds is 8. The second-order valence-corrected chi connectivity index (χ2v) is 7.99. The molecule has 0 aliphatic rings. The molecule has 0 atom stereocenters. The minimum absolute atomic E-state index is 0.0151. The van der Waals surface area contributed by atoms with Gasteiger partial charge in [0.15, 0.2) is 0 Å². The number of esters is 1. The van der Waals surface area contributed by atoms with Gasteiger partial charge in [-0.3, -0.25) is 9.09 Å². The number of hydrogen-bond acceptors (Lipinski definition) is 9. The summed E-state index contributed by atoms with van der Waals surface area (Å²) in [6.07, 6.45) is 0. The van der Waals surface area contributed by atoms with E-state index in [1.165, 1.54) is 7.11 Å². The topological polar surface area (TPSA) is 131 Å². The number of para-hydroxylation sites is 1. The predicted octanol–water partition coefficient (Wildman–Crippen LogP) is 4.28. The van der Waals surface area contributed by atoms with Gasteiger partial charge in [0.1, 0.15) is 0 Å². The molecule has 37 heavy (non-hydrogen) atoms. The molecule has 0 unspecified atom stereocenters. The van der Waals surface area contributed by atoms with Crippen molar-refractivity contribution in [3.63, 3.8) is 0 Å². The number of imidazole rings is 1. The third kappa shape index (κ3) is 4.27. The number of nitrogens with zero attached hydrogens (tertiary/aromatic N) is 5. The lowest BCUT2D eigenvalue weighted by atomic mass is 9.98. The third-order valence-electron chi connectivity index (χ3n) is 5.85. The van der Waals surface area contributed by atoms with Gasteiger partial charge in [-0.1, -0.05) is 59.8 Å². The summed E-state index contributed by atoms with van der Waals surface area (Å²) in [5.74, 6) is -1.40. The predicted molar refractivity (Wildman–Crippen MR) is 134 cm³/mol. The van der Waals surface area contributed by atoms with Crippen LogP contribution in [0.5, 0.6) is 6.01 Å². The molecule has 186 valence electrons. The lowest BCUT2D eigenvalue weighted by Crippen LogP contribution is -2.09. The van der Waals surface area contributed by atoms with Crippen LogP contribution in [0.3, 0.4) is 0 Å². The molecular formula is C26H21N5O6. The summed E-state index contributed by atoms with van der Waals surface area (Å²) in [5.41, 5.74) is 4.64. The quantitative estimate of drug-likeness (QED) is 0.228. The van der Waals surface area contributed by atoms with E-state index in [4.69, 9.17) is 9.47 Å². The fraction of sp³-hybridized carbons (Fsp3) is 0.154. The Kier molecular flexibility index (Phi) is 6.33.